The molecule has 1 atom stereocenters. The Labute approximate surface area is 175 Å². The van der Waals surface area contributed by atoms with Gasteiger partial charge in [-0.2, -0.15) is 5.10 Å². The molecule has 0 saturated heterocycles. The van der Waals surface area contributed by atoms with Crippen molar-refractivity contribution < 1.29 is 19.1 Å². The fourth-order valence-corrected chi connectivity index (χ4v) is 4.07. The highest BCUT2D eigenvalue weighted by Crippen LogP contribution is 2.41. The zero-order valence-corrected chi connectivity index (χ0v) is 17.3. The van der Waals surface area contributed by atoms with Crippen LogP contribution in [0.15, 0.2) is 30.6 Å². The van der Waals surface area contributed by atoms with Crippen molar-refractivity contribution in [3.05, 3.63) is 30.6 Å². The molecule has 2 aromatic rings. The van der Waals surface area contributed by atoms with Crippen LogP contribution in [0, 0.1) is 0 Å². The summed E-state index contributed by atoms with van der Waals surface area (Å²) in [6, 6.07) is 6.03. The van der Waals surface area contributed by atoms with Crippen molar-refractivity contribution in [2.45, 2.75) is 57.2 Å². The van der Waals surface area contributed by atoms with Crippen molar-refractivity contribution in [1.29, 1.82) is 0 Å². The minimum Gasteiger partial charge on any atom is -0.452 e. The number of aromatic nitrogens is 2. The van der Waals surface area contributed by atoms with E-state index in [1.54, 1.807) is 9.80 Å². The molecular formula is C22H26N4O4. The lowest BCUT2D eigenvalue weighted by atomic mass is 9.96. The Balaban J connectivity index is 1.52. The first-order chi connectivity index (χ1) is 14.5. The maximum atomic E-state index is 13.0. The summed E-state index contributed by atoms with van der Waals surface area (Å²) in [5.41, 5.74) is 3.23. The maximum Gasteiger partial charge on any atom is 0.414 e. The van der Waals surface area contributed by atoms with Crippen LogP contribution in [0.3, 0.4) is 0 Å². The summed E-state index contributed by atoms with van der Waals surface area (Å²) in [4.78, 5) is 28.6. The fourth-order valence-electron chi connectivity index (χ4n) is 4.07. The Kier molecular flexibility index (Phi) is 4.64. The minimum absolute atomic E-state index is 0.00477. The van der Waals surface area contributed by atoms with Gasteiger partial charge in [0.1, 0.15) is 6.10 Å². The molecule has 0 radical (unpaired) electrons. The van der Waals surface area contributed by atoms with Crippen LogP contribution in [0.25, 0.3) is 11.1 Å². The molecule has 8 heteroatoms. The van der Waals surface area contributed by atoms with Gasteiger partial charge in [0.25, 0.3) is 0 Å². The topological polar surface area (TPSA) is 76.9 Å². The summed E-state index contributed by atoms with van der Waals surface area (Å²) in [5, 5.41) is 4.47. The third-order valence-corrected chi connectivity index (χ3v) is 6.18. The SMILES string of the molecule is COC(=O)N1c2ccc(-c3cnn(C4CC4)c3)cc2N(C(=O)OC2CCC2)C[C@@H]1C. The zero-order chi connectivity index (χ0) is 20.8. The number of carbonyl (C=O) groups excluding carboxylic acids is 2. The molecule has 30 heavy (non-hydrogen) atoms. The molecule has 0 spiro atoms. The van der Waals surface area contributed by atoms with Crippen molar-refractivity contribution in [3.63, 3.8) is 0 Å². The lowest BCUT2D eigenvalue weighted by molar-refractivity contribution is 0.0570. The second kappa shape index (κ2) is 7.34. The van der Waals surface area contributed by atoms with E-state index in [0.29, 0.717) is 24.0 Å². The minimum atomic E-state index is -0.440. The maximum absolute atomic E-state index is 13.0. The van der Waals surface area contributed by atoms with E-state index in [-0.39, 0.29) is 18.2 Å². The summed E-state index contributed by atoms with van der Waals surface area (Å²) < 4.78 is 12.7. The third kappa shape index (κ3) is 3.30. The number of nitrogens with zero attached hydrogens (tertiary/aromatic N) is 4. The average Bonchev–Trinajstić information content (AvgIpc) is 3.45. The molecule has 1 aromatic carbocycles. The molecule has 158 valence electrons. The second-order valence-electron chi connectivity index (χ2n) is 8.38. The number of fused-ring (bicyclic) bond motifs is 1. The van der Waals surface area contributed by atoms with Crippen LogP contribution in [-0.4, -0.2) is 47.8 Å². The predicted molar refractivity (Wildman–Crippen MR) is 112 cm³/mol. The van der Waals surface area contributed by atoms with Gasteiger partial charge in [0.2, 0.25) is 0 Å². The van der Waals surface area contributed by atoms with Crippen molar-refractivity contribution in [2.75, 3.05) is 23.5 Å². The highest BCUT2D eigenvalue weighted by molar-refractivity contribution is 6.01. The summed E-state index contributed by atoms with van der Waals surface area (Å²) in [7, 11) is 1.37. The summed E-state index contributed by atoms with van der Waals surface area (Å²) in [5.74, 6) is 0. The first-order valence-electron chi connectivity index (χ1n) is 10.6. The number of amides is 2. The standard InChI is InChI=1S/C22H26N4O4/c1-14-12-24(21(27)30-18-4-3-5-18)20-10-15(6-9-19(20)26(14)22(28)29-2)16-11-23-25(13-16)17-7-8-17/h6,9-11,13-14,17-18H,3-5,7-8,12H2,1-2H3/t14-/m0/s1. The van der Waals surface area contributed by atoms with Crippen molar-refractivity contribution in [1.82, 2.24) is 9.78 Å². The Morgan fingerprint density at radius 3 is 2.53 bits per heavy atom. The number of ether oxygens (including phenoxy) is 2. The first kappa shape index (κ1) is 19.0. The Hall–Kier alpha value is -3.03. The number of methoxy groups -OCH3 is 1. The van der Waals surface area contributed by atoms with Gasteiger partial charge in [-0.05, 0) is 56.7 Å². The van der Waals surface area contributed by atoms with Gasteiger partial charge < -0.3 is 9.47 Å². The van der Waals surface area contributed by atoms with Crippen LogP contribution in [-0.2, 0) is 9.47 Å². The highest BCUT2D eigenvalue weighted by Gasteiger charge is 2.37. The zero-order valence-electron chi connectivity index (χ0n) is 17.3. The van der Waals surface area contributed by atoms with E-state index in [9.17, 15) is 9.59 Å². The van der Waals surface area contributed by atoms with Crippen LogP contribution in [0.5, 0.6) is 0 Å². The van der Waals surface area contributed by atoms with E-state index < -0.39 is 6.09 Å². The van der Waals surface area contributed by atoms with Gasteiger partial charge in [0.15, 0.2) is 0 Å². The van der Waals surface area contributed by atoms with Gasteiger partial charge in [0, 0.05) is 11.8 Å². The van der Waals surface area contributed by atoms with Crippen LogP contribution in [0.2, 0.25) is 0 Å². The summed E-state index contributed by atoms with van der Waals surface area (Å²) in [6.07, 6.45) is 8.34. The van der Waals surface area contributed by atoms with Gasteiger partial charge in [-0.25, -0.2) is 9.59 Å². The molecule has 2 aliphatic carbocycles. The quantitative estimate of drug-likeness (QED) is 0.752. The molecule has 1 aromatic heterocycles. The van der Waals surface area contributed by atoms with E-state index in [2.05, 4.69) is 5.10 Å². The van der Waals surface area contributed by atoms with E-state index >= 15 is 0 Å². The average molecular weight is 410 g/mol. The molecule has 5 rings (SSSR count). The van der Waals surface area contributed by atoms with Gasteiger partial charge in [0.05, 0.1) is 43.3 Å². The summed E-state index contributed by atoms with van der Waals surface area (Å²) >= 11 is 0. The van der Waals surface area contributed by atoms with E-state index in [4.69, 9.17) is 9.47 Å². The predicted octanol–water partition coefficient (Wildman–Crippen LogP) is 4.36. The van der Waals surface area contributed by atoms with Crippen LogP contribution < -0.4 is 9.80 Å². The Morgan fingerprint density at radius 2 is 1.87 bits per heavy atom. The van der Waals surface area contributed by atoms with Crippen LogP contribution in [0.1, 0.15) is 45.1 Å². The molecule has 3 aliphatic rings. The molecule has 0 unspecified atom stereocenters. The fraction of sp³-hybridized carbons (Fsp3) is 0.500. The molecule has 1 aliphatic heterocycles. The number of hydrogen-bond acceptors (Lipinski definition) is 5. The number of rotatable bonds is 3. The number of anilines is 2. The molecule has 8 nitrogen and oxygen atoms in total. The lowest BCUT2D eigenvalue weighted by Crippen LogP contribution is -2.52. The van der Waals surface area contributed by atoms with Gasteiger partial charge in [-0.1, -0.05) is 6.07 Å². The second-order valence-corrected chi connectivity index (χ2v) is 8.38. The third-order valence-electron chi connectivity index (χ3n) is 6.18. The molecule has 2 amide bonds. The van der Waals surface area contributed by atoms with Crippen molar-refractivity contribution >= 4 is 23.6 Å². The smallest absolute Gasteiger partial charge is 0.414 e. The molecule has 2 heterocycles. The van der Waals surface area contributed by atoms with Gasteiger partial charge >= 0.3 is 12.2 Å². The van der Waals surface area contributed by atoms with E-state index in [1.165, 1.54) is 7.11 Å². The number of benzene rings is 1. The van der Waals surface area contributed by atoms with Crippen LogP contribution in [0.4, 0.5) is 21.0 Å². The normalized spacial score (nSPS) is 21.1. The first-order valence-corrected chi connectivity index (χ1v) is 10.6. The Morgan fingerprint density at radius 1 is 1.07 bits per heavy atom. The van der Waals surface area contributed by atoms with Crippen LogP contribution >= 0.6 is 0 Å². The van der Waals surface area contributed by atoms with E-state index in [1.807, 2.05) is 42.2 Å². The molecule has 0 N–H and O–H groups in total. The highest BCUT2D eigenvalue weighted by atomic mass is 16.6. The monoisotopic (exact) mass is 410 g/mol. The van der Waals surface area contributed by atoms with Crippen molar-refractivity contribution in [3.8, 4) is 11.1 Å². The number of hydrogen-bond donors (Lipinski definition) is 0. The van der Waals surface area contributed by atoms with Crippen molar-refractivity contribution in [2.24, 2.45) is 0 Å². The number of carbonyl (C=O) groups is 2. The Bertz CT molecular complexity index is 979. The largest absolute Gasteiger partial charge is 0.452 e. The lowest BCUT2D eigenvalue weighted by Gasteiger charge is -2.40. The van der Waals surface area contributed by atoms with Gasteiger partial charge in [-0.3, -0.25) is 14.5 Å². The molecule has 0 bridgehead atoms. The molecule has 2 saturated carbocycles. The molecule has 2 fully saturated rings. The molecular weight excluding hydrogens is 384 g/mol. The summed E-state index contributed by atoms with van der Waals surface area (Å²) in [6.45, 7) is 2.25. The van der Waals surface area contributed by atoms with E-state index in [0.717, 1.165) is 43.2 Å². The van der Waals surface area contributed by atoms with Gasteiger partial charge in [-0.15, -0.1) is 0 Å².